The number of amides is 1. The Kier molecular flexibility index (Phi) is 6.16. The summed E-state index contributed by atoms with van der Waals surface area (Å²) < 4.78 is 0. The third kappa shape index (κ3) is 3.47. The topological polar surface area (TPSA) is 32.3 Å². The van der Waals surface area contributed by atoms with Crippen LogP contribution >= 0.6 is 12.4 Å². The standard InChI is InChI=1S/C14H20N2O.ClH/c1-2-16(13-6-4-3-5-7-13)14(17)12-8-10-15-11-9-12;/h3-7,12,15H,2,8-11H2,1H3;1H. The Morgan fingerprint density at radius 2 is 1.89 bits per heavy atom. The van der Waals surface area contributed by atoms with Crippen molar-refractivity contribution in [3.63, 3.8) is 0 Å². The molecule has 1 heterocycles. The van der Waals surface area contributed by atoms with E-state index in [1.807, 2.05) is 42.2 Å². The van der Waals surface area contributed by atoms with Gasteiger partial charge in [-0.1, -0.05) is 18.2 Å². The lowest BCUT2D eigenvalue weighted by molar-refractivity contribution is -0.123. The van der Waals surface area contributed by atoms with Crippen LogP contribution in [0.25, 0.3) is 0 Å². The Bertz CT molecular complexity index is 363. The van der Waals surface area contributed by atoms with Gasteiger partial charge in [-0.05, 0) is 45.0 Å². The highest BCUT2D eigenvalue weighted by atomic mass is 35.5. The van der Waals surface area contributed by atoms with Crippen LogP contribution in [0.2, 0.25) is 0 Å². The summed E-state index contributed by atoms with van der Waals surface area (Å²) in [5, 5.41) is 3.30. The van der Waals surface area contributed by atoms with Gasteiger partial charge in [-0.3, -0.25) is 4.79 Å². The van der Waals surface area contributed by atoms with Gasteiger partial charge in [0.15, 0.2) is 0 Å². The van der Waals surface area contributed by atoms with Gasteiger partial charge >= 0.3 is 0 Å². The minimum atomic E-state index is 0. The van der Waals surface area contributed by atoms with Crippen LogP contribution in [-0.2, 0) is 4.79 Å². The van der Waals surface area contributed by atoms with E-state index in [0.717, 1.165) is 38.2 Å². The quantitative estimate of drug-likeness (QED) is 0.913. The van der Waals surface area contributed by atoms with Crippen molar-refractivity contribution >= 4 is 24.0 Å². The van der Waals surface area contributed by atoms with Crippen LogP contribution in [-0.4, -0.2) is 25.5 Å². The third-order valence-electron chi connectivity index (χ3n) is 3.34. The summed E-state index contributed by atoms with van der Waals surface area (Å²) in [5.41, 5.74) is 1.01. The van der Waals surface area contributed by atoms with Gasteiger partial charge in [-0.15, -0.1) is 12.4 Å². The van der Waals surface area contributed by atoms with Gasteiger partial charge in [0.25, 0.3) is 0 Å². The molecule has 3 nitrogen and oxygen atoms in total. The number of piperidine rings is 1. The first-order valence-electron chi connectivity index (χ1n) is 6.40. The first kappa shape index (κ1) is 15.0. The number of hydrogen-bond acceptors (Lipinski definition) is 2. The van der Waals surface area contributed by atoms with Crippen molar-refractivity contribution in [2.24, 2.45) is 5.92 Å². The van der Waals surface area contributed by atoms with E-state index < -0.39 is 0 Å². The minimum Gasteiger partial charge on any atom is -0.317 e. The fraction of sp³-hybridized carbons (Fsp3) is 0.500. The van der Waals surface area contributed by atoms with Crippen molar-refractivity contribution in [3.8, 4) is 0 Å². The molecule has 0 unspecified atom stereocenters. The molecule has 0 spiro atoms. The zero-order valence-electron chi connectivity index (χ0n) is 10.8. The fourth-order valence-corrected chi connectivity index (χ4v) is 2.36. The monoisotopic (exact) mass is 268 g/mol. The molecule has 2 rings (SSSR count). The van der Waals surface area contributed by atoms with Gasteiger partial charge in [0.05, 0.1) is 0 Å². The molecular formula is C14H21ClN2O. The van der Waals surface area contributed by atoms with Crippen LogP contribution in [0.5, 0.6) is 0 Å². The summed E-state index contributed by atoms with van der Waals surface area (Å²) in [6.45, 7) is 4.70. The number of para-hydroxylation sites is 1. The molecule has 100 valence electrons. The first-order valence-corrected chi connectivity index (χ1v) is 6.40. The number of hydrogen-bond donors (Lipinski definition) is 1. The average Bonchev–Trinajstić information content (AvgIpc) is 2.42. The number of halogens is 1. The second kappa shape index (κ2) is 7.39. The smallest absolute Gasteiger partial charge is 0.230 e. The number of nitrogens with zero attached hydrogens (tertiary/aromatic N) is 1. The molecule has 0 bridgehead atoms. The van der Waals surface area contributed by atoms with E-state index in [1.54, 1.807) is 0 Å². The molecule has 1 aromatic carbocycles. The van der Waals surface area contributed by atoms with Gasteiger partial charge < -0.3 is 10.2 Å². The molecule has 1 aromatic rings. The van der Waals surface area contributed by atoms with Crippen molar-refractivity contribution < 1.29 is 4.79 Å². The lowest BCUT2D eigenvalue weighted by Crippen LogP contribution is -2.41. The second-order valence-electron chi connectivity index (χ2n) is 4.44. The molecule has 1 aliphatic heterocycles. The summed E-state index contributed by atoms with van der Waals surface area (Å²) in [5.74, 6) is 0.469. The molecule has 1 N–H and O–H groups in total. The maximum atomic E-state index is 12.4. The van der Waals surface area contributed by atoms with E-state index >= 15 is 0 Å². The summed E-state index contributed by atoms with van der Waals surface area (Å²) in [4.78, 5) is 14.3. The SMILES string of the molecule is CCN(C(=O)C1CCNCC1)c1ccccc1.Cl. The van der Waals surface area contributed by atoms with Crippen LogP contribution in [0.1, 0.15) is 19.8 Å². The largest absolute Gasteiger partial charge is 0.317 e. The van der Waals surface area contributed by atoms with E-state index in [-0.39, 0.29) is 24.2 Å². The lowest BCUT2D eigenvalue weighted by Gasteiger charge is -2.28. The Labute approximate surface area is 115 Å². The molecular weight excluding hydrogens is 248 g/mol. The molecule has 1 aliphatic rings. The average molecular weight is 269 g/mol. The molecule has 1 saturated heterocycles. The van der Waals surface area contributed by atoms with E-state index in [1.165, 1.54) is 0 Å². The van der Waals surface area contributed by atoms with Crippen LogP contribution < -0.4 is 10.2 Å². The Balaban J connectivity index is 0.00000162. The number of carbonyl (C=O) groups is 1. The molecule has 0 aliphatic carbocycles. The van der Waals surface area contributed by atoms with Crippen LogP contribution in [0.3, 0.4) is 0 Å². The van der Waals surface area contributed by atoms with Crippen molar-refractivity contribution in [1.29, 1.82) is 0 Å². The number of rotatable bonds is 3. The predicted molar refractivity (Wildman–Crippen MR) is 77.3 cm³/mol. The Morgan fingerprint density at radius 1 is 1.28 bits per heavy atom. The molecule has 0 saturated carbocycles. The Morgan fingerprint density at radius 3 is 2.44 bits per heavy atom. The minimum absolute atomic E-state index is 0. The number of anilines is 1. The summed E-state index contributed by atoms with van der Waals surface area (Å²) in [6.07, 6.45) is 1.92. The van der Waals surface area contributed by atoms with Gasteiger partial charge in [-0.25, -0.2) is 0 Å². The van der Waals surface area contributed by atoms with E-state index in [4.69, 9.17) is 0 Å². The second-order valence-corrected chi connectivity index (χ2v) is 4.44. The van der Waals surface area contributed by atoms with E-state index in [0.29, 0.717) is 0 Å². The molecule has 1 fully saturated rings. The summed E-state index contributed by atoms with van der Waals surface area (Å²) in [7, 11) is 0. The zero-order valence-corrected chi connectivity index (χ0v) is 11.6. The van der Waals surface area contributed by atoms with Crippen molar-refractivity contribution in [3.05, 3.63) is 30.3 Å². The highest BCUT2D eigenvalue weighted by Crippen LogP contribution is 2.20. The first-order chi connectivity index (χ1) is 8.33. The van der Waals surface area contributed by atoms with Crippen molar-refractivity contribution in [2.75, 3.05) is 24.5 Å². The molecule has 1 amide bonds. The van der Waals surface area contributed by atoms with Crippen molar-refractivity contribution in [2.45, 2.75) is 19.8 Å². The highest BCUT2D eigenvalue weighted by molar-refractivity contribution is 5.95. The number of nitrogens with one attached hydrogen (secondary N) is 1. The molecule has 0 aromatic heterocycles. The molecule has 18 heavy (non-hydrogen) atoms. The highest BCUT2D eigenvalue weighted by Gasteiger charge is 2.25. The van der Waals surface area contributed by atoms with Crippen LogP contribution in [0.15, 0.2) is 30.3 Å². The normalized spacial score (nSPS) is 15.8. The maximum Gasteiger partial charge on any atom is 0.230 e. The van der Waals surface area contributed by atoms with E-state index in [2.05, 4.69) is 5.32 Å². The summed E-state index contributed by atoms with van der Waals surface area (Å²) >= 11 is 0. The maximum absolute atomic E-state index is 12.4. The third-order valence-corrected chi connectivity index (χ3v) is 3.34. The molecule has 0 radical (unpaired) electrons. The Hall–Kier alpha value is -1.06. The fourth-order valence-electron chi connectivity index (χ4n) is 2.36. The lowest BCUT2D eigenvalue weighted by atomic mass is 9.96. The molecule has 4 heteroatoms. The van der Waals surface area contributed by atoms with Crippen molar-refractivity contribution in [1.82, 2.24) is 5.32 Å². The van der Waals surface area contributed by atoms with E-state index in [9.17, 15) is 4.79 Å². The van der Waals surface area contributed by atoms with Gasteiger partial charge in [0, 0.05) is 18.2 Å². The summed E-state index contributed by atoms with van der Waals surface area (Å²) in [6, 6.07) is 9.94. The van der Waals surface area contributed by atoms with Crippen LogP contribution in [0, 0.1) is 5.92 Å². The molecule has 0 atom stereocenters. The van der Waals surface area contributed by atoms with Gasteiger partial charge in [0.1, 0.15) is 0 Å². The zero-order chi connectivity index (χ0) is 12.1. The number of benzene rings is 1. The van der Waals surface area contributed by atoms with Gasteiger partial charge in [-0.2, -0.15) is 0 Å². The predicted octanol–water partition coefficient (Wildman–Crippen LogP) is 2.46. The van der Waals surface area contributed by atoms with Crippen LogP contribution in [0.4, 0.5) is 5.69 Å². The van der Waals surface area contributed by atoms with Gasteiger partial charge in [0.2, 0.25) is 5.91 Å². The number of carbonyl (C=O) groups excluding carboxylic acids is 1.